The van der Waals surface area contributed by atoms with Crippen LogP contribution in [-0.4, -0.2) is 27.6 Å². The zero-order valence-electron chi connectivity index (χ0n) is 14.5. The molecule has 1 aromatic heterocycles. The van der Waals surface area contributed by atoms with Gasteiger partial charge in [0.25, 0.3) is 0 Å². The number of aromatic amines is 1. The van der Waals surface area contributed by atoms with E-state index in [0.29, 0.717) is 36.4 Å². The third kappa shape index (κ3) is 4.46. The first kappa shape index (κ1) is 18.9. The Labute approximate surface area is 153 Å². The monoisotopic (exact) mass is 377 g/mol. The fourth-order valence-electron chi connectivity index (χ4n) is 2.91. The molecule has 0 aliphatic carbocycles. The van der Waals surface area contributed by atoms with Crippen molar-refractivity contribution in [2.75, 3.05) is 6.54 Å². The molecule has 27 heavy (non-hydrogen) atoms. The van der Waals surface area contributed by atoms with Gasteiger partial charge in [-0.25, -0.2) is 9.78 Å². The van der Waals surface area contributed by atoms with Gasteiger partial charge in [0.15, 0.2) is 0 Å². The van der Waals surface area contributed by atoms with Gasteiger partial charge in [-0.1, -0.05) is 12.1 Å². The lowest BCUT2D eigenvalue weighted by atomic mass is 10.0. The lowest BCUT2D eigenvalue weighted by Crippen LogP contribution is -2.17. The van der Waals surface area contributed by atoms with Gasteiger partial charge >= 0.3 is 12.1 Å². The largest absolute Gasteiger partial charge is 0.478 e. The van der Waals surface area contributed by atoms with Gasteiger partial charge in [-0.2, -0.15) is 13.2 Å². The molecular formula is C19H18F3N3O2. The minimum absolute atomic E-state index is 0.188. The minimum atomic E-state index is -4.34. The molecule has 142 valence electrons. The van der Waals surface area contributed by atoms with Crippen LogP contribution in [0.25, 0.3) is 11.0 Å². The fourth-order valence-corrected chi connectivity index (χ4v) is 2.91. The van der Waals surface area contributed by atoms with E-state index in [1.54, 1.807) is 6.07 Å². The number of H-pyrrole nitrogens is 1. The third-order valence-electron chi connectivity index (χ3n) is 4.24. The highest BCUT2D eigenvalue weighted by molar-refractivity contribution is 5.92. The third-order valence-corrected chi connectivity index (χ3v) is 4.24. The van der Waals surface area contributed by atoms with Crippen LogP contribution < -0.4 is 5.32 Å². The predicted molar refractivity (Wildman–Crippen MR) is 94.6 cm³/mol. The van der Waals surface area contributed by atoms with Crippen LogP contribution in [0, 0.1) is 6.92 Å². The number of carboxylic acid groups (broad SMARTS) is 1. The molecular weight excluding hydrogens is 359 g/mol. The molecule has 0 bridgehead atoms. The number of aryl methyl sites for hydroxylation is 1. The van der Waals surface area contributed by atoms with Crippen molar-refractivity contribution in [1.82, 2.24) is 15.3 Å². The lowest BCUT2D eigenvalue weighted by Gasteiger charge is -2.12. The molecule has 5 nitrogen and oxygen atoms in total. The number of aromatic nitrogens is 2. The minimum Gasteiger partial charge on any atom is -0.478 e. The Kier molecular flexibility index (Phi) is 5.18. The van der Waals surface area contributed by atoms with Crippen LogP contribution in [0.5, 0.6) is 0 Å². The molecule has 0 amide bonds. The van der Waals surface area contributed by atoms with Crippen molar-refractivity contribution in [2.45, 2.75) is 26.1 Å². The number of alkyl halides is 3. The molecule has 3 N–H and O–H groups in total. The van der Waals surface area contributed by atoms with Crippen LogP contribution >= 0.6 is 0 Å². The van der Waals surface area contributed by atoms with Gasteiger partial charge < -0.3 is 15.4 Å². The summed E-state index contributed by atoms with van der Waals surface area (Å²) in [6.45, 7) is 2.47. The van der Waals surface area contributed by atoms with E-state index in [4.69, 9.17) is 5.11 Å². The summed E-state index contributed by atoms with van der Waals surface area (Å²) in [6, 6.07) is 8.79. The van der Waals surface area contributed by atoms with Crippen molar-refractivity contribution in [3.05, 3.63) is 64.5 Å². The van der Waals surface area contributed by atoms with E-state index < -0.39 is 17.7 Å². The number of fused-ring (bicyclic) bond motifs is 1. The van der Waals surface area contributed by atoms with Crippen molar-refractivity contribution in [1.29, 1.82) is 0 Å². The average molecular weight is 377 g/mol. The summed E-state index contributed by atoms with van der Waals surface area (Å²) >= 11 is 0. The van der Waals surface area contributed by atoms with Crippen LogP contribution in [0.3, 0.4) is 0 Å². The number of imidazole rings is 1. The molecule has 0 fully saturated rings. The first-order valence-electron chi connectivity index (χ1n) is 8.33. The smallest absolute Gasteiger partial charge is 0.416 e. The van der Waals surface area contributed by atoms with E-state index >= 15 is 0 Å². The summed E-state index contributed by atoms with van der Waals surface area (Å²) in [4.78, 5) is 18.5. The number of aromatic carboxylic acids is 1. The van der Waals surface area contributed by atoms with E-state index in [9.17, 15) is 18.0 Å². The summed E-state index contributed by atoms with van der Waals surface area (Å²) in [7, 11) is 0. The predicted octanol–water partition coefficient (Wildman–Crippen LogP) is 3.92. The Morgan fingerprint density at radius 2 is 2.00 bits per heavy atom. The van der Waals surface area contributed by atoms with Crippen LogP contribution in [-0.2, 0) is 19.1 Å². The highest BCUT2D eigenvalue weighted by atomic mass is 19.4. The molecule has 0 aliphatic rings. The Morgan fingerprint density at radius 3 is 2.67 bits per heavy atom. The Morgan fingerprint density at radius 1 is 1.22 bits per heavy atom. The van der Waals surface area contributed by atoms with E-state index in [0.717, 1.165) is 11.6 Å². The summed E-state index contributed by atoms with van der Waals surface area (Å²) in [5, 5.41) is 12.2. The van der Waals surface area contributed by atoms with E-state index in [1.165, 1.54) is 31.2 Å². The quantitative estimate of drug-likeness (QED) is 0.569. The SMILES string of the molecule is Cc1cc(CNCCc2nc3ccc(C(=O)O)cc3[nH]2)ccc1C(F)(F)F. The second-order valence-corrected chi connectivity index (χ2v) is 6.29. The molecule has 0 saturated carbocycles. The second kappa shape index (κ2) is 7.40. The first-order valence-corrected chi connectivity index (χ1v) is 8.33. The number of carboxylic acids is 1. The number of halogens is 3. The van der Waals surface area contributed by atoms with Crippen molar-refractivity contribution >= 4 is 17.0 Å². The molecule has 0 saturated heterocycles. The molecule has 0 unspecified atom stereocenters. The molecule has 1 heterocycles. The van der Waals surface area contributed by atoms with Gasteiger partial charge in [0, 0.05) is 19.5 Å². The van der Waals surface area contributed by atoms with Crippen LogP contribution in [0.2, 0.25) is 0 Å². The van der Waals surface area contributed by atoms with Crippen molar-refractivity contribution in [3.63, 3.8) is 0 Å². The molecule has 3 rings (SSSR count). The van der Waals surface area contributed by atoms with Gasteiger partial charge in [0.05, 0.1) is 22.2 Å². The van der Waals surface area contributed by atoms with Crippen molar-refractivity contribution < 1.29 is 23.1 Å². The summed E-state index contributed by atoms with van der Waals surface area (Å²) in [5.74, 6) is -0.287. The van der Waals surface area contributed by atoms with Gasteiger partial charge in [-0.15, -0.1) is 0 Å². The van der Waals surface area contributed by atoms with Gasteiger partial charge in [-0.3, -0.25) is 0 Å². The highest BCUT2D eigenvalue weighted by Gasteiger charge is 2.31. The van der Waals surface area contributed by atoms with E-state index in [-0.39, 0.29) is 11.1 Å². The van der Waals surface area contributed by atoms with Crippen molar-refractivity contribution in [2.24, 2.45) is 0 Å². The number of nitrogens with one attached hydrogen (secondary N) is 2. The zero-order valence-corrected chi connectivity index (χ0v) is 14.5. The van der Waals surface area contributed by atoms with Gasteiger partial charge in [0.1, 0.15) is 5.82 Å². The molecule has 2 aromatic carbocycles. The summed E-state index contributed by atoms with van der Waals surface area (Å²) in [6.07, 6.45) is -3.76. The number of nitrogens with zero attached hydrogens (tertiary/aromatic N) is 1. The van der Waals surface area contributed by atoms with Crippen LogP contribution in [0.15, 0.2) is 36.4 Å². The van der Waals surface area contributed by atoms with Gasteiger partial charge in [-0.05, 0) is 42.3 Å². The average Bonchev–Trinajstić information content (AvgIpc) is 2.99. The number of benzene rings is 2. The number of carbonyl (C=O) groups is 1. The molecule has 3 aromatic rings. The normalized spacial score (nSPS) is 11.9. The molecule has 0 spiro atoms. The van der Waals surface area contributed by atoms with Crippen LogP contribution in [0.4, 0.5) is 13.2 Å². The summed E-state index contributed by atoms with van der Waals surface area (Å²) < 4.78 is 38.3. The maximum Gasteiger partial charge on any atom is 0.416 e. The molecule has 8 heteroatoms. The lowest BCUT2D eigenvalue weighted by molar-refractivity contribution is -0.138. The second-order valence-electron chi connectivity index (χ2n) is 6.29. The van der Waals surface area contributed by atoms with Gasteiger partial charge in [0.2, 0.25) is 0 Å². The number of hydrogen-bond donors (Lipinski definition) is 3. The maximum absolute atomic E-state index is 12.8. The standard InChI is InChI=1S/C19H18F3N3O2/c1-11-8-12(2-4-14(11)19(20,21)22)10-23-7-6-17-24-15-5-3-13(18(26)27)9-16(15)25-17/h2-5,8-9,23H,6-7,10H2,1H3,(H,24,25)(H,26,27). The van der Waals surface area contributed by atoms with Crippen molar-refractivity contribution in [3.8, 4) is 0 Å². The number of rotatable bonds is 6. The van der Waals surface area contributed by atoms with E-state index in [2.05, 4.69) is 15.3 Å². The Balaban J connectivity index is 1.56. The zero-order chi connectivity index (χ0) is 19.6. The molecule has 0 radical (unpaired) electrons. The molecule has 0 aliphatic heterocycles. The highest BCUT2D eigenvalue weighted by Crippen LogP contribution is 2.31. The Hall–Kier alpha value is -2.87. The topological polar surface area (TPSA) is 78.0 Å². The molecule has 0 atom stereocenters. The summed E-state index contributed by atoms with van der Waals surface area (Å²) in [5.41, 5.74) is 1.89. The number of hydrogen-bond acceptors (Lipinski definition) is 3. The first-order chi connectivity index (χ1) is 12.7. The fraction of sp³-hybridized carbons (Fsp3) is 0.263. The van der Waals surface area contributed by atoms with Crippen LogP contribution in [0.1, 0.15) is 32.9 Å². The maximum atomic E-state index is 12.8. The van der Waals surface area contributed by atoms with E-state index in [1.807, 2.05) is 0 Å². The Bertz CT molecular complexity index is 980.